The molecule has 2 saturated heterocycles. The van der Waals surface area contributed by atoms with Crippen LogP contribution in [-0.2, 0) is 4.79 Å². The summed E-state index contributed by atoms with van der Waals surface area (Å²) in [6.45, 7) is 6.32. The van der Waals surface area contributed by atoms with Crippen LogP contribution in [0.5, 0.6) is 0 Å². The molecule has 3 atom stereocenters. The van der Waals surface area contributed by atoms with Crippen LogP contribution < -0.4 is 10.6 Å². The maximum atomic E-state index is 12.9. The Bertz CT molecular complexity index is 690. The molecule has 0 spiro atoms. The van der Waals surface area contributed by atoms with Crippen LogP contribution in [0.3, 0.4) is 0 Å². The first kappa shape index (κ1) is 16.3. The summed E-state index contributed by atoms with van der Waals surface area (Å²) >= 11 is 0. The predicted octanol–water partition coefficient (Wildman–Crippen LogP) is 1.60. The van der Waals surface area contributed by atoms with Gasteiger partial charge in [0.1, 0.15) is 12.1 Å². The second-order valence-corrected chi connectivity index (χ2v) is 6.13. The van der Waals surface area contributed by atoms with Gasteiger partial charge in [-0.15, -0.1) is 0 Å². The van der Waals surface area contributed by atoms with Crippen molar-refractivity contribution >= 4 is 18.0 Å². The van der Waals surface area contributed by atoms with Gasteiger partial charge < -0.3 is 15.5 Å². The van der Waals surface area contributed by atoms with Crippen LogP contribution in [0.15, 0.2) is 24.3 Å². The van der Waals surface area contributed by atoms with E-state index in [1.54, 1.807) is 11.8 Å². The number of carbonyl (C=O) groups excluding carboxylic acids is 3. The second-order valence-electron chi connectivity index (χ2n) is 6.13. The molecule has 1 aromatic carbocycles. The SMILES string of the molecule is CCN1C(=O)C2C(c3cccc(C)c3)NC(=O)NC2N(CC)C1=O. The normalized spacial score (nSPS) is 26.8. The van der Waals surface area contributed by atoms with Crippen molar-refractivity contribution in [2.75, 3.05) is 13.1 Å². The highest BCUT2D eigenvalue weighted by atomic mass is 16.2. The van der Waals surface area contributed by atoms with E-state index in [1.165, 1.54) is 4.90 Å². The Balaban J connectivity index is 2.06. The quantitative estimate of drug-likeness (QED) is 0.883. The summed E-state index contributed by atoms with van der Waals surface area (Å²) in [6, 6.07) is 6.55. The number of nitrogens with one attached hydrogen (secondary N) is 2. The minimum absolute atomic E-state index is 0.254. The van der Waals surface area contributed by atoms with Gasteiger partial charge in [-0.1, -0.05) is 29.8 Å². The highest BCUT2D eigenvalue weighted by Crippen LogP contribution is 2.34. The Hall–Kier alpha value is -2.57. The summed E-state index contributed by atoms with van der Waals surface area (Å²) < 4.78 is 0. The first-order valence-electron chi connectivity index (χ1n) is 8.23. The number of rotatable bonds is 3. The molecule has 3 unspecified atom stereocenters. The molecule has 2 fully saturated rings. The molecule has 2 aliphatic rings. The van der Waals surface area contributed by atoms with Crippen LogP contribution in [0.25, 0.3) is 0 Å². The van der Waals surface area contributed by atoms with E-state index >= 15 is 0 Å². The number of benzene rings is 1. The third kappa shape index (κ3) is 2.50. The van der Waals surface area contributed by atoms with Gasteiger partial charge in [-0.05, 0) is 26.3 Å². The Labute approximate surface area is 141 Å². The van der Waals surface area contributed by atoms with E-state index in [4.69, 9.17) is 0 Å². The minimum atomic E-state index is -0.628. The van der Waals surface area contributed by atoms with Gasteiger partial charge in [0.2, 0.25) is 5.91 Å². The van der Waals surface area contributed by atoms with E-state index in [0.717, 1.165) is 11.1 Å². The zero-order valence-corrected chi connectivity index (χ0v) is 14.1. The van der Waals surface area contributed by atoms with E-state index in [9.17, 15) is 14.4 Å². The van der Waals surface area contributed by atoms with E-state index in [2.05, 4.69) is 10.6 Å². The highest BCUT2D eigenvalue weighted by Gasteiger charge is 2.52. The molecule has 0 saturated carbocycles. The number of hydrogen-bond acceptors (Lipinski definition) is 3. The van der Waals surface area contributed by atoms with Crippen molar-refractivity contribution in [1.82, 2.24) is 20.4 Å². The van der Waals surface area contributed by atoms with Crippen LogP contribution in [0, 0.1) is 12.8 Å². The zero-order chi connectivity index (χ0) is 17.4. The fourth-order valence-electron chi connectivity index (χ4n) is 3.55. The lowest BCUT2D eigenvalue weighted by Gasteiger charge is -2.49. The van der Waals surface area contributed by atoms with Crippen molar-refractivity contribution in [3.8, 4) is 0 Å². The smallest absolute Gasteiger partial charge is 0.328 e. The number of fused-ring (bicyclic) bond motifs is 1. The van der Waals surface area contributed by atoms with Gasteiger partial charge in [-0.2, -0.15) is 0 Å². The molecule has 0 aliphatic carbocycles. The largest absolute Gasteiger partial charge is 0.330 e. The number of imide groups is 1. The van der Waals surface area contributed by atoms with Crippen LogP contribution in [-0.4, -0.2) is 47.0 Å². The van der Waals surface area contributed by atoms with Gasteiger partial charge in [0, 0.05) is 13.1 Å². The fraction of sp³-hybridized carbons (Fsp3) is 0.471. The Morgan fingerprint density at radius 1 is 1.08 bits per heavy atom. The lowest BCUT2D eigenvalue weighted by atomic mass is 9.85. The number of hydrogen-bond donors (Lipinski definition) is 2. The average molecular weight is 330 g/mol. The van der Waals surface area contributed by atoms with E-state index in [0.29, 0.717) is 13.1 Å². The van der Waals surface area contributed by atoms with Crippen LogP contribution in [0.4, 0.5) is 9.59 Å². The summed E-state index contributed by atoms with van der Waals surface area (Å²) in [5, 5.41) is 5.60. The van der Waals surface area contributed by atoms with Gasteiger partial charge in [0.25, 0.3) is 0 Å². The molecule has 5 amide bonds. The molecule has 24 heavy (non-hydrogen) atoms. The summed E-state index contributed by atoms with van der Waals surface area (Å²) in [7, 11) is 0. The summed E-state index contributed by atoms with van der Waals surface area (Å²) in [5.41, 5.74) is 1.92. The lowest BCUT2D eigenvalue weighted by molar-refractivity contribution is -0.141. The minimum Gasteiger partial charge on any atom is -0.330 e. The Morgan fingerprint density at radius 3 is 2.46 bits per heavy atom. The molecule has 128 valence electrons. The molecule has 0 radical (unpaired) electrons. The molecular weight excluding hydrogens is 308 g/mol. The van der Waals surface area contributed by atoms with Gasteiger partial charge in [0.05, 0.1) is 6.04 Å². The first-order valence-corrected chi connectivity index (χ1v) is 8.23. The van der Waals surface area contributed by atoms with Gasteiger partial charge >= 0.3 is 12.1 Å². The second kappa shape index (κ2) is 6.14. The summed E-state index contributed by atoms with van der Waals surface area (Å²) in [4.78, 5) is 40.4. The lowest BCUT2D eigenvalue weighted by Crippen LogP contribution is -2.72. The standard InChI is InChI=1S/C17H22N4O3/c1-4-20-14-12(15(22)21(5-2)17(20)24)13(18-16(23)19-14)11-8-6-7-10(3)9-11/h6-9,12-14H,4-5H2,1-3H3,(H2,18,19,23). The topological polar surface area (TPSA) is 81.8 Å². The van der Waals surface area contributed by atoms with Gasteiger partial charge in [0.15, 0.2) is 0 Å². The molecule has 3 rings (SSSR count). The molecule has 7 heteroatoms. The number of urea groups is 2. The molecule has 0 bridgehead atoms. The van der Waals surface area contributed by atoms with Crippen molar-refractivity contribution in [1.29, 1.82) is 0 Å². The molecule has 2 heterocycles. The van der Waals surface area contributed by atoms with E-state index < -0.39 is 18.1 Å². The van der Waals surface area contributed by atoms with Crippen molar-refractivity contribution in [3.63, 3.8) is 0 Å². The van der Waals surface area contributed by atoms with E-state index in [-0.39, 0.29) is 18.0 Å². The van der Waals surface area contributed by atoms with E-state index in [1.807, 2.05) is 38.1 Å². The number of aryl methyl sites for hydroxylation is 1. The van der Waals surface area contributed by atoms with Crippen molar-refractivity contribution in [3.05, 3.63) is 35.4 Å². The summed E-state index contributed by atoms with van der Waals surface area (Å²) in [6.07, 6.45) is -0.628. The number of amides is 5. The van der Waals surface area contributed by atoms with Gasteiger partial charge in [-0.3, -0.25) is 9.69 Å². The molecular formula is C17H22N4O3. The number of nitrogens with zero attached hydrogens (tertiary/aromatic N) is 2. The number of carbonyl (C=O) groups is 3. The molecule has 0 aromatic heterocycles. The van der Waals surface area contributed by atoms with Crippen molar-refractivity contribution in [2.45, 2.75) is 33.0 Å². The maximum Gasteiger partial charge on any atom is 0.328 e. The molecule has 1 aromatic rings. The Morgan fingerprint density at radius 2 is 1.83 bits per heavy atom. The Kier molecular flexibility index (Phi) is 4.17. The predicted molar refractivity (Wildman–Crippen MR) is 88.0 cm³/mol. The fourth-order valence-corrected chi connectivity index (χ4v) is 3.55. The third-order valence-electron chi connectivity index (χ3n) is 4.69. The molecule has 2 aliphatic heterocycles. The molecule has 2 N–H and O–H groups in total. The highest BCUT2D eigenvalue weighted by molar-refractivity contribution is 6.00. The zero-order valence-electron chi connectivity index (χ0n) is 14.1. The maximum absolute atomic E-state index is 12.9. The van der Waals surface area contributed by atoms with Crippen LogP contribution in [0.2, 0.25) is 0 Å². The monoisotopic (exact) mass is 330 g/mol. The third-order valence-corrected chi connectivity index (χ3v) is 4.69. The average Bonchev–Trinajstić information content (AvgIpc) is 2.55. The van der Waals surface area contributed by atoms with Crippen LogP contribution in [0.1, 0.15) is 31.0 Å². The van der Waals surface area contributed by atoms with Crippen molar-refractivity contribution < 1.29 is 14.4 Å². The van der Waals surface area contributed by atoms with Crippen molar-refractivity contribution in [2.24, 2.45) is 5.92 Å². The van der Waals surface area contributed by atoms with Gasteiger partial charge in [-0.25, -0.2) is 9.59 Å². The van der Waals surface area contributed by atoms with Crippen LogP contribution >= 0.6 is 0 Å². The first-order chi connectivity index (χ1) is 11.5. The molecule has 7 nitrogen and oxygen atoms in total. The summed E-state index contributed by atoms with van der Waals surface area (Å²) in [5.74, 6) is -0.807.